The summed E-state index contributed by atoms with van der Waals surface area (Å²) in [6.07, 6.45) is 3.48. The largest absolute Gasteiger partial charge is 0.452 e. The van der Waals surface area contributed by atoms with Gasteiger partial charge in [0.15, 0.2) is 0 Å². The predicted molar refractivity (Wildman–Crippen MR) is 171 cm³/mol. The summed E-state index contributed by atoms with van der Waals surface area (Å²) >= 11 is 0. The van der Waals surface area contributed by atoms with Gasteiger partial charge in [-0.05, 0) is 54.5 Å². The summed E-state index contributed by atoms with van der Waals surface area (Å²) < 4.78 is 59.9. The van der Waals surface area contributed by atoms with E-state index in [1.807, 2.05) is 12.1 Å². The Hall–Kier alpha value is -3.64. The van der Waals surface area contributed by atoms with Crippen LogP contribution in [0.15, 0.2) is 47.4 Å². The van der Waals surface area contributed by atoms with Gasteiger partial charge in [-0.2, -0.15) is 9.73 Å². The lowest BCUT2D eigenvalue weighted by Crippen LogP contribution is -2.53. The van der Waals surface area contributed by atoms with E-state index in [1.165, 1.54) is 24.1 Å². The van der Waals surface area contributed by atoms with E-state index < -0.39 is 50.4 Å². The zero-order valence-electron chi connectivity index (χ0n) is 25.8. The standard InChI is InChI=1S/C29H41N7O8S2/c1-44-29(39)36(20-30)34-14-5-6-21(19-34)18-31-27(37)17-26(28(38)35(24-10-11-24)15-13-32-45(2,40)41)33-46(42,43)25-12-9-22-7-3-4-8-23(22)16-25/h3-4,7-9,12,16,20-21,24,26,30,32-33H,5-6,10-11,13-15,17-19H2,1-2H3,(H,31,37)/t21-,26-/m0/s1. The zero-order chi connectivity index (χ0) is 33.5. The number of hydrazine groups is 1. The Morgan fingerprint density at radius 1 is 1.09 bits per heavy atom. The van der Waals surface area contributed by atoms with E-state index in [-0.39, 0.29) is 36.5 Å². The molecule has 252 valence electrons. The van der Waals surface area contributed by atoms with E-state index in [0.717, 1.165) is 29.4 Å². The lowest BCUT2D eigenvalue weighted by Gasteiger charge is -2.37. The molecule has 4 N–H and O–H groups in total. The molecule has 3 amide bonds. The molecule has 17 heteroatoms. The van der Waals surface area contributed by atoms with Gasteiger partial charge in [0.2, 0.25) is 31.9 Å². The third kappa shape index (κ3) is 9.68. The number of sulfonamides is 2. The molecule has 1 heterocycles. The molecular formula is C29H41N7O8S2. The first-order valence-corrected chi connectivity index (χ1v) is 18.3. The van der Waals surface area contributed by atoms with Crippen molar-refractivity contribution in [3.8, 4) is 0 Å². The van der Waals surface area contributed by atoms with E-state index in [1.54, 1.807) is 23.2 Å². The lowest BCUT2D eigenvalue weighted by atomic mass is 9.99. The van der Waals surface area contributed by atoms with E-state index in [2.05, 4.69) is 14.8 Å². The maximum Gasteiger partial charge on any atom is 0.429 e. The van der Waals surface area contributed by atoms with Gasteiger partial charge in [-0.1, -0.05) is 30.3 Å². The molecule has 1 aliphatic carbocycles. The van der Waals surface area contributed by atoms with Crippen LogP contribution >= 0.6 is 0 Å². The summed E-state index contributed by atoms with van der Waals surface area (Å²) in [6, 6.07) is 10.2. The zero-order valence-corrected chi connectivity index (χ0v) is 27.5. The minimum atomic E-state index is -4.26. The van der Waals surface area contributed by atoms with Crippen molar-refractivity contribution in [3.05, 3.63) is 42.5 Å². The quantitative estimate of drug-likeness (QED) is 0.156. The molecule has 2 atom stereocenters. The summed E-state index contributed by atoms with van der Waals surface area (Å²) in [5.74, 6) is -1.27. The highest BCUT2D eigenvalue weighted by Gasteiger charge is 2.38. The molecule has 2 aliphatic rings. The molecule has 4 rings (SSSR count). The molecule has 15 nitrogen and oxygen atoms in total. The molecule has 0 unspecified atom stereocenters. The van der Waals surface area contributed by atoms with Crippen LogP contribution < -0.4 is 14.8 Å². The van der Waals surface area contributed by atoms with Crippen molar-refractivity contribution < 1.29 is 36.0 Å². The second-order valence-electron chi connectivity index (χ2n) is 11.5. The Kier molecular flexibility index (Phi) is 11.7. The van der Waals surface area contributed by atoms with Gasteiger partial charge >= 0.3 is 6.09 Å². The van der Waals surface area contributed by atoms with Gasteiger partial charge in [-0.3, -0.25) is 15.0 Å². The molecule has 2 aromatic rings. The number of methoxy groups -OCH3 is 1. The second kappa shape index (κ2) is 15.3. The van der Waals surface area contributed by atoms with Crippen LogP contribution in [0.2, 0.25) is 0 Å². The lowest BCUT2D eigenvalue weighted by molar-refractivity contribution is -0.136. The van der Waals surface area contributed by atoms with Crippen molar-refractivity contribution in [2.45, 2.75) is 49.1 Å². The Morgan fingerprint density at radius 2 is 1.80 bits per heavy atom. The van der Waals surface area contributed by atoms with E-state index in [0.29, 0.717) is 37.7 Å². The summed E-state index contributed by atoms with van der Waals surface area (Å²) in [4.78, 5) is 40.5. The smallest absolute Gasteiger partial charge is 0.429 e. The van der Waals surface area contributed by atoms with Crippen LogP contribution in [0.4, 0.5) is 4.79 Å². The molecular weight excluding hydrogens is 638 g/mol. The molecule has 0 bridgehead atoms. The maximum atomic E-state index is 13.9. The Morgan fingerprint density at radius 3 is 2.46 bits per heavy atom. The van der Waals surface area contributed by atoms with Crippen LogP contribution in [-0.4, -0.2) is 114 Å². The van der Waals surface area contributed by atoms with E-state index in [4.69, 9.17) is 10.1 Å². The maximum absolute atomic E-state index is 13.9. The molecule has 2 fully saturated rings. The van der Waals surface area contributed by atoms with Gasteiger partial charge in [0.05, 0.1) is 24.7 Å². The number of nitrogens with one attached hydrogen (secondary N) is 4. The Labute approximate surface area is 269 Å². The van der Waals surface area contributed by atoms with Crippen LogP contribution in [0.25, 0.3) is 10.8 Å². The number of fused-ring (bicyclic) bond motifs is 1. The average Bonchev–Trinajstić information content (AvgIpc) is 3.86. The molecule has 0 radical (unpaired) electrons. The fourth-order valence-electron chi connectivity index (χ4n) is 5.44. The van der Waals surface area contributed by atoms with Crippen molar-refractivity contribution in [2.24, 2.45) is 5.92 Å². The fourth-order valence-corrected chi connectivity index (χ4v) is 7.13. The highest BCUT2D eigenvalue weighted by Crippen LogP contribution is 2.28. The number of nitrogens with zero attached hydrogens (tertiary/aromatic N) is 3. The predicted octanol–water partition coefficient (Wildman–Crippen LogP) is 0.836. The number of hydrogen-bond donors (Lipinski definition) is 4. The monoisotopic (exact) mass is 679 g/mol. The van der Waals surface area contributed by atoms with Gasteiger partial charge in [-0.15, -0.1) is 0 Å². The van der Waals surface area contributed by atoms with E-state index in [9.17, 15) is 31.2 Å². The highest BCUT2D eigenvalue weighted by atomic mass is 32.2. The van der Waals surface area contributed by atoms with Gasteiger partial charge in [0.1, 0.15) is 12.4 Å². The number of rotatable bonds is 15. The molecule has 1 saturated carbocycles. The van der Waals surface area contributed by atoms with Crippen LogP contribution in [-0.2, 0) is 34.4 Å². The number of ether oxygens (including phenoxy) is 1. The molecule has 46 heavy (non-hydrogen) atoms. The van der Waals surface area contributed by atoms with Gasteiger partial charge in [0.25, 0.3) is 0 Å². The molecule has 1 aliphatic heterocycles. The first-order valence-electron chi connectivity index (χ1n) is 15.0. The minimum absolute atomic E-state index is 0.00795. The number of benzene rings is 2. The topological polar surface area (TPSA) is 198 Å². The SMILES string of the molecule is COC(=O)N(C=N)N1CCC[C@@H](CNC(=O)C[C@H](NS(=O)(=O)c2ccc3ccccc3c2)C(=O)N(CCNS(C)(=O)=O)C2CC2)C1. The van der Waals surface area contributed by atoms with Crippen molar-refractivity contribution in [1.82, 2.24) is 29.7 Å². The molecule has 0 aromatic heterocycles. The van der Waals surface area contributed by atoms with Gasteiger partial charge in [0, 0.05) is 38.8 Å². The van der Waals surface area contributed by atoms with Crippen molar-refractivity contribution in [1.29, 1.82) is 5.41 Å². The summed E-state index contributed by atoms with van der Waals surface area (Å²) in [6.45, 7) is 1.03. The third-order valence-corrected chi connectivity index (χ3v) is 10.1. The van der Waals surface area contributed by atoms with Crippen LogP contribution in [0.1, 0.15) is 32.1 Å². The van der Waals surface area contributed by atoms with E-state index >= 15 is 0 Å². The summed E-state index contributed by atoms with van der Waals surface area (Å²) in [5.41, 5.74) is 0. The summed E-state index contributed by atoms with van der Waals surface area (Å²) in [5, 5.41) is 14.6. The second-order valence-corrected chi connectivity index (χ2v) is 15.0. The van der Waals surface area contributed by atoms with Crippen LogP contribution in [0.3, 0.4) is 0 Å². The fraction of sp³-hybridized carbons (Fsp3) is 0.517. The first-order chi connectivity index (χ1) is 21.8. The van der Waals surface area contributed by atoms with Crippen molar-refractivity contribution in [2.75, 3.05) is 46.1 Å². The number of amides is 3. The molecule has 1 saturated heterocycles. The minimum Gasteiger partial charge on any atom is -0.452 e. The third-order valence-electron chi connectivity index (χ3n) is 7.88. The number of carbonyl (C=O) groups excluding carboxylic acids is 3. The average molecular weight is 680 g/mol. The number of piperidine rings is 1. The summed E-state index contributed by atoms with van der Waals surface area (Å²) in [7, 11) is -6.55. The van der Waals surface area contributed by atoms with Crippen molar-refractivity contribution in [3.63, 3.8) is 0 Å². The van der Waals surface area contributed by atoms with Crippen LogP contribution in [0, 0.1) is 11.3 Å². The van der Waals surface area contributed by atoms with Crippen LogP contribution in [0.5, 0.6) is 0 Å². The Balaban J connectivity index is 1.49. The van der Waals surface area contributed by atoms with Gasteiger partial charge in [-0.25, -0.2) is 31.4 Å². The Bertz CT molecular complexity index is 1650. The number of hydrogen-bond acceptors (Lipinski definition) is 10. The number of carbonyl (C=O) groups is 3. The van der Waals surface area contributed by atoms with Gasteiger partial charge < -0.3 is 15.0 Å². The van der Waals surface area contributed by atoms with Crippen molar-refractivity contribution >= 4 is 55.1 Å². The molecule has 2 aromatic carbocycles. The first kappa shape index (κ1) is 35.2. The molecule has 0 spiro atoms. The normalized spacial score (nSPS) is 18.0. The highest BCUT2D eigenvalue weighted by molar-refractivity contribution is 7.89.